The smallest absolute Gasteiger partial charge is 0.319 e. The van der Waals surface area contributed by atoms with Crippen molar-refractivity contribution >= 4 is 11.8 Å². The molecule has 0 N–H and O–H groups in total. The number of carbonyl (C=O) groups is 1. The molecule has 1 fully saturated rings. The quantitative estimate of drug-likeness (QED) is 0.808. The number of aromatic nitrogens is 2. The predicted octanol–water partition coefficient (Wildman–Crippen LogP) is 0.967. The molecule has 0 radical (unpaired) electrons. The summed E-state index contributed by atoms with van der Waals surface area (Å²) in [4.78, 5) is 30.1. The number of amides is 2. The Bertz CT molecular complexity index is 609. The van der Waals surface area contributed by atoms with E-state index in [0.717, 1.165) is 68.6 Å². The number of anilines is 1. The predicted molar refractivity (Wildman–Crippen MR) is 94.3 cm³/mol. The van der Waals surface area contributed by atoms with Gasteiger partial charge in [-0.3, -0.25) is 0 Å². The van der Waals surface area contributed by atoms with E-state index in [9.17, 15) is 4.79 Å². The Morgan fingerprint density at radius 3 is 2.46 bits per heavy atom. The highest BCUT2D eigenvalue weighted by molar-refractivity contribution is 5.74. The standard InChI is InChI=1S/C17H28N6O/c1-5-21-8-10-22(11-9-21)16-14-12-23(17(24)20(3)4)7-6-15(14)18-13(2)19-16/h5-12H2,1-4H3. The second-order valence-corrected chi connectivity index (χ2v) is 6.79. The van der Waals surface area contributed by atoms with Gasteiger partial charge in [0.15, 0.2) is 0 Å². The molecule has 0 atom stereocenters. The fourth-order valence-electron chi connectivity index (χ4n) is 3.50. The molecule has 2 aliphatic rings. The van der Waals surface area contributed by atoms with Crippen molar-refractivity contribution in [3.05, 3.63) is 17.1 Å². The highest BCUT2D eigenvalue weighted by atomic mass is 16.2. The van der Waals surface area contributed by atoms with Gasteiger partial charge in [0.05, 0.1) is 12.2 Å². The van der Waals surface area contributed by atoms with Crippen molar-refractivity contribution in [2.24, 2.45) is 0 Å². The Hall–Kier alpha value is -1.89. The first-order valence-corrected chi connectivity index (χ1v) is 8.79. The van der Waals surface area contributed by atoms with Gasteiger partial charge in [-0.15, -0.1) is 0 Å². The van der Waals surface area contributed by atoms with Gasteiger partial charge in [-0.2, -0.15) is 0 Å². The number of rotatable bonds is 2. The number of urea groups is 1. The van der Waals surface area contributed by atoms with E-state index < -0.39 is 0 Å². The molecule has 0 saturated carbocycles. The van der Waals surface area contributed by atoms with Gasteiger partial charge >= 0.3 is 6.03 Å². The summed E-state index contributed by atoms with van der Waals surface area (Å²) < 4.78 is 0. The molecule has 0 spiro atoms. The van der Waals surface area contributed by atoms with Crippen molar-refractivity contribution in [3.8, 4) is 0 Å². The van der Waals surface area contributed by atoms with Gasteiger partial charge in [0.2, 0.25) is 0 Å². The lowest BCUT2D eigenvalue weighted by atomic mass is 10.1. The minimum Gasteiger partial charge on any atom is -0.354 e. The van der Waals surface area contributed by atoms with Crippen LogP contribution in [0.15, 0.2) is 0 Å². The summed E-state index contributed by atoms with van der Waals surface area (Å²) >= 11 is 0. The van der Waals surface area contributed by atoms with Crippen molar-refractivity contribution in [1.82, 2.24) is 24.7 Å². The van der Waals surface area contributed by atoms with Crippen LogP contribution in [0.25, 0.3) is 0 Å². The molecule has 24 heavy (non-hydrogen) atoms. The first kappa shape index (κ1) is 17.0. The third-order valence-corrected chi connectivity index (χ3v) is 4.92. The zero-order valence-corrected chi connectivity index (χ0v) is 15.2. The number of fused-ring (bicyclic) bond motifs is 1. The van der Waals surface area contributed by atoms with E-state index in [-0.39, 0.29) is 6.03 Å². The number of aryl methyl sites for hydroxylation is 1. The third-order valence-electron chi connectivity index (χ3n) is 4.92. The van der Waals surface area contributed by atoms with Crippen LogP contribution in [-0.2, 0) is 13.0 Å². The Kier molecular flexibility index (Phi) is 4.89. The van der Waals surface area contributed by atoms with Crippen LogP contribution in [0.2, 0.25) is 0 Å². The summed E-state index contributed by atoms with van der Waals surface area (Å²) in [6, 6.07) is 0.0583. The summed E-state index contributed by atoms with van der Waals surface area (Å²) in [6.07, 6.45) is 0.806. The first-order chi connectivity index (χ1) is 11.5. The van der Waals surface area contributed by atoms with Crippen LogP contribution in [0.1, 0.15) is 24.0 Å². The third kappa shape index (κ3) is 3.31. The van der Waals surface area contributed by atoms with Gasteiger partial charge in [-0.05, 0) is 13.5 Å². The molecule has 0 aromatic carbocycles. The number of hydrogen-bond acceptors (Lipinski definition) is 5. The van der Waals surface area contributed by atoms with E-state index in [1.807, 2.05) is 11.8 Å². The minimum absolute atomic E-state index is 0.0583. The van der Waals surface area contributed by atoms with Crippen LogP contribution in [-0.4, -0.2) is 84.1 Å². The van der Waals surface area contributed by atoms with E-state index in [2.05, 4.69) is 21.7 Å². The average Bonchev–Trinajstić information content (AvgIpc) is 2.60. The zero-order valence-electron chi connectivity index (χ0n) is 15.2. The lowest BCUT2D eigenvalue weighted by Gasteiger charge is -2.38. The zero-order chi connectivity index (χ0) is 17.3. The number of nitrogens with zero attached hydrogens (tertiary/aromatic N) is 6. The van der Waals surface area contributed by atoms with Gasteiger partial charge in [-0.25, -0.2) is 14.8 Å². The van der Waals surface area contributed by atoms with Gasteiger partial charge < -0.3 is 19.6 Å². The molecule has 1 aromatic heterocycles. The fourth-order valence-corrected chi connectivity index (χ4v) is 3.50. The topological polar surface area (TPSA) is 55.8 Å². The molecule has 7 nitrogen and oxygen atoms in total. The molecule has 1 saturated heterocycles. The van der Waals surface area contributed by atoms with Crippen LogP contribution in [0.4, 0.5) is 10.6 Å². The molecule has 2 aliphatic heterocycles. The Balaban J connectivity index is 1.86. The molecule has 3 heterocycles. The van der Waals surface area contributed by atoms with Crippen molar-refractivity contribution in [2.75, 3.05) is 58.3 Å². The number of piperazine rings is 1. The molecule has 2 amide bonds. The monoisotopic (exact) mass is 332 g/mol. The van der Waals surface area contributed by atoms with Gasteiger partial charge in [0, 0.05) is 58.8 Å². The lowest BCUT2D eigenvalue weighted by Crippen LogP contribution is -2.48. The Morgan fingerprint density at radius 2 is 1.83 bits per heavy atom. The maximum atomic E-state index is 12.3. The molecule has 1 aromatic rings. The maximum absolute atomic E-state index is 12.3. The SMILES string of the molecule is CCN1CCN(c2nc(C)nc3c2CN(C(=O)N(C)C)CC3)CC1. The molecule has 0 bridgehead atoms. The molecular formula is C17H28N6O. The maximum Gasteiger partial charge on any atom is 0.319 e. The summed E-state index contributed by atoms with van der Waals surface area (Å²) in [5, 5.41) is 0. The lowest BCUT2D eigenvalue weighted by molar-refractivity contribution is 0.165. The van der Waals surface area contributed by atoms with E-state index in [0.29, 0.717) is 6.54 Å². The molecule has 132 valence electrons. The second kappa shape index (κ2) is 6.93. The van der Waals surface area contributed by atoms with Crippen LogP contribution in [0, 0.1) is 6.92 Å². The summed E-state index contributed by atoms with van der Waals surface area (Å²) in [6.45, 7) is 10.7. The highest BCUT2D eigenvalue weighted by Crippen LogP contribution is 2.27. The van der Waals surface area contributed by atoms with E-state index in [1.54, 1.807) is 19.0 Å². The van der Waals surface area contributed by atoms with E-state index in [1.165, 1.54) is 0 Å². The summed E-state index contributed by atoms with van der Waals surface area (Å²) in [5.41, 5.74) is 2.24. The number of carbonyl (C=O) groups excluding carboxylic acids is 1. The minimum atomic E-state index is 0.0583. The molecular weight excluding hydrogens is 304 g/mol. The Labute approximate surface area is 144 Å². The van der Waals surface area contributed by atoms with Crippen molar-refractivity contribution in [1.29, 1.82) is 0 Å². The van der Waals surface area contributed by atoms with Crippen molar-refractivity contribution in [3.63, 3.8) is 0 Å². The molecule has 0 aliphatic carbocycles. The second-order valence-electron chi connectivity index (χ2n) is 6.79. The normalized spacial score (nSPS) is 18.5. The van der Waals surface area contributed by atoms with Crippen LogP contribution in [0.3, 0.4) is 0 Å². The van der Waals surface area contributed by atoms with Crippen LogP contribution in [0.5, 0.6) is 0 Å². The fraction of sp³-hybridized carbons (Fsp3) is 0.706. The van der Waals surface area contributed by atoms with Crippen molar-refractivity contribution < 1.29 is 4.79 Å². The van der Waals surface area contributed by atoms with Crippen LogP contribution >= 0.6 is 0 Å². The molecule has 0 unspecified atom stereocenters. The van der Waals surface area contributed by atoms with Gasteiger partial charge in [0.1, 0.15) is 11.6 Å². The van der Waals surface area contributed by atoms with E-state index in [4.69, 9.17) is 4.98 Å². The summed E-state index contributed by atoms with van der Waals surface area (Å²) in [5.74, 6) is 1.86. The summed E-state index contributed by atoms with van der Waals surface area (Å²) in [7, 11) is 3.60. The molecule has 3 rings (SSSR count). The van der Waals surface area contributed by atoms with Gasteiger partial charge in [0.25, 0.3) is 0 Å². The van der Waals surface area contributed by atoms with E-state index >= 15 is 0 Å². The Morgan fingerprint density at radius 1 is 1.12 bits per heavy atom. The number of likely N-dealkylation sites (N-methyl/N-ethyl adjacent to an activating group) is 1. The highest BCUT2D eigenvalue weighted by Gasteiger charge is 2.28. The molecule has 7 heteroatoms. The number of hydrogen-bond donors (Lipinski definition) is 0. The van der Waals surface area contributed by atoms with Gasteiger partial charge in [-0.1, -0.05) is 6.92 Å². The van der Waals surface area contributed by atoms with Crippen molar-refractivity contribution in [2.45, 2.75) is 26.8 Å². The first-order valence-electron chi connectivity index (χ1n) is 8.79. The largest absolute Gasteiger partial charge is 0.354 e. The average molecular weight is 332 g/mol. The van der Waals surface area contributed by atoms with Crippen LogP contribution < -0.4 is 4.90 Å².